The highest BCUT2D eigenvalue weighted by atomic mass is 28.3. The van der Waals surface area contributed by atoms with E-state index in [0.29, 0.717) is 23.0 Å². The highest BCUT2D eigenvalue weighted by molar-refractivity contribution is 6.88. The molecule has 0 aliphatic carbocycles. The summed E-state index contributed by atoms with van der Waals surface area (Å²) in [4.78, 5) is 25.1. The molecule has 0 aliphatic heterocycles. The average molecular weight is 445 g/mol. The lowest BCUT2D eigenvalue weighted by atomic mass is 10.0. The molecule has 0 saturated heterocycles. The van der Waals surface area contributed by atoms with Crippen molar-refractivity contribution in [2.45, 2.75) is 32.3 Å². The standard InChI is InChI=1S/C23H29FN2O4Si/c1-6-13-30-23(28)26-21(17-9-7-16(8-10-17)15-29-2)22(27)25-18-11-12-20(19(24)14-18)31(3,4)5/h6-12,14,21H,1,13,15H2,2-5H3,(H,25,27)(H,26,28). The van der Waals surface area contributed by atoms with Crippen molar-refractivity contribution in [1.82, 2.24) is 5.32 Å². The van der Waals surface area contributed by atoms with E-state index < -0.39 is 26.1 Å². The summed E-state index contributed by atoms with van der Waals surface area (Å²) in [5, 5.41) is 5.92. The van der Waals surface area contributed by atoms with Crippen LogP contribution in [0.2, 0.25) is 19.6 Å². The van der Waals surface area contributed by atoms with E-state index in [4.69, 9.17) is 9.47 Å². The number of carbonyl (C=O) groups excluding carboxylic acids is 2. The number of alkyl carbamates (subject to hydrolysis) is 1. The van der Waals surface area contributed by atoms with E-state index >= 15 is 0 Å². The van der Waals surface area contributed by atoms with E-state index in [2.05, 4.69) is 17.2 Å². The molecule has 0 radical (unpaired) electrons. The van der Waals surface area contributed by atoms with Crippen molar-refractivity contribution >= 4 is 30.9 Å². The van der Waals surface area contributed by atoms with Gasteiger partial charge in [-0.3, -0.25) is 4.79 Å². The minimum atomic E-state index is -1.84. The fraction of sp³-hybridized carbons (Fsp3) is 0.304. The number of halogens is 1. The quantitative estimate of drug-likeness (QED) is 0.451. The second kappa shape index (κ2) is 10.9. The van der Waals surface area contributed by atoms with Crippen LogP contribution >= 0.6 is 0 Å². The van der Waals surface area contributed by atoms with E-state index in [1.165, 1.54) is 12.1 Å². The maximum absolute atomic E-state index is 14.6. The van der Waals surface area contributed by atoms with Gasteiger partial charge in [0.25, 0.3) is 5.91 Å². The van der Waals surface area contributed by atoms with Crippen LogP contribution in [0.3, 0.4) is 0 Å². The van der Waals surface area contributed by atoms with Crippen molar-refractivity contribution < 1.29 is 23.5 Å². The zero-order chi connectivity index (χ0) is 23.0. The number of benzene rings is 2. The number of carbonyl (C=O) groups is 2. The van der Waals surface area contributed by atoms with Crippen molar-refractivity contribution in [3.05, 3.63) is 72.1 Å². The number of hydrogen-bond acceptors (Lipinski definition) is 4. The Morgan fingerprint density at radius 3 is 2.39 bits per heavy atom. The Morgan fingerprint density at radius 2 is 1.84 bits per heavy atom. The Morgan fingerprint density at radius 1 is 1.16 bits per heavy atom. The Hall–Kier alpha value is -2.97. The summed E-state index contributed by atoms with van der Waals surface area (Å²) >= 11 is 0. The molecule has 0 bridgehead atoms. The molecule has 2 aromatic carbocycles. The third-order valence-electron chi connectivity index (χ3n) is 4.53. The molecule has 0 aliphatic rings. The molecule has 0 fully saturated rings. The molecule has 1 unspecified atom stereocenters. The Balaban J connectivity index is 2.25. The zero-order valence-electron chi connectivity index (χ0n) is 18.3. The maximum atomic E-state index is 14.6. The molecule has 2 amide bonds. The van der Waals surface area contributed by atoms with Gasteiger partial charge in [-0.1, -0.05) is 62.6 Å². The Kier molecular flexibility index (Phi) is 8.53. The number of hydrogen-bond donors (Lipinski definition) is 2. The van der Waals surface area contributed by atoms with E-state index in [9.17, 15) is 14.0 Å². The second-order valence-electron chi connectivity index (χ2n) is 8.07. The predicted molar refractivity (Wildman–Crippen MR) is 123 cm³/mol. The highest BCUT2D eigenvalue weighted by Crippen LogP contribution is 2.19. The van der Waals surface area contributed by atoms with Gasteiger partial charge in [-0.25, -0.2) is 9.18 Å². The summed E-state index contributed by atoms with van der Waals surface area (Å²) in [5.74, 6) is -0.869. The molecule has 166 valence electrons. The molecule has 8 heteroatoms. The highest BCUT2D eigenvalue weighted by Gasteiger charge is 2.25. The van der Waals surface area contributed by atoms with Crippen LogP contribution in [0.25, 0.3) is 0 Å². The summed E-state index contributed by atoms with van der Waals surface area (Å²) in [6.07, 6.45) is 0.665. The first-order chi connectivity index (χ1) is 14.7. The van der Waals surface area contributed by atoms with Gasteiger partial charge in [-0.2, -0.15) is 0 Å². The van der Waals surface area contributed by atoms with Gasteiger partial charge in [0.2, 0.25) is 0 Å². The Labute approximate surface area is 183 Å². The van der Waals surface area contributed by atoms with Gasteiger partial charge >= 0.3 is 6.09 Å². The minimum Gasteiger partial charge on any atom is -0.445 e. The molecule has 0 spiro atoms. The SMILES string of the molecule is C=CCOC(=O)NC(C(=O)Nc1ccc([Si](C)(C)C)c(F)c1)c1ccc(COC)cc1. The fourth-order valence-electron chi connectivity index (χ4n) is 2.98. The maximum Gasteiger partial charge on any atom is 0.408 e. The van der Waals surface area contributed by atoms with Crippen LogP contribution in [-0.4, -0.2) is 33.8 Å². The molecular weight excluding hydrogens is 415 g/mol. The second-order valence-corrected chi connectivity index (χ2v) is 13.1. The van der Waals surface area contributed by atoms with Gasteiger partial charge in [0.05, 0.1) is 14.7 Å². The molecule has 31 heavy (non-hydrogen) atoms. The van der Waals surface area contributed by atoms with Gasteiger partial charge in [0, 0.05) is 12.8 Å². The predicted octanol–water partition coefficient (Wildman–Crippen LogP) is 4.11. The molecule has 0 heterocycles. The van der Waals surface area contributed by atoms with Crippen molar-refractivity contribution in [2.24, 2.45) is 0 Å². The number of rotatable bonds is 9. The summed E-state index contributed by atoms with van der Waals surface area (Å²) in [6.45, 7) is 10.1. The van der Waals surface area contributed by atoms with Crippen LogP contribution in [0.5, 0.6) is 0 Å². The first kappa shape index (κ1) is 24.3. The largest absolute Gasteiger partial charge is 0.445 e. The van der Waals surface area contributed by atoms with E-state index in [1.807, 2.05) is 19.6 Å². The lowest BCUT2D eigenvalue weighted by Gasteiger charge is -2.20. The topological polar surface area (TPSA) is 76.7 Å². The zero-order valence-corrected chi connectivity index (χ0v) is 19.3. The molecule has 0 saturated carbocycles. The van der Waals surface area contributed by atoms with Crippen molar-refractivity contribution in [2.75, 3.05) is 19.0 Å². The van der Waals surface area contributed by atoms with Crippen molar-refractivity contribution in [3.63, 3.8) is 0 Å². The van der Waals surface area contributed by atoms with E-state index in [-0.39, 0.29) is 12.4 Å². The monoisotopic (exact) mass is 444 g/mol. The van der Waals surface area contributed by atoms with Gasteiger partial charge in [-0.05, 0) is 28.4 Å². The number of anilines is 1. The van der Waals surface area contributed by atoms with Crippen LogP contribution in [0.4, 0.5) is 14.9 Å². The average Bonchev–Trinajstić information content (AvgIpc) is 2.70. The van der Waals surface area contributed by atoms with E-state index in [1.54, 1.807) is 43.5 Å². The van der Waals surface area contributed by atoms with Gasteiger partial charge in [-0.15, -0.1) is 0 Å². The molecule has 6 nitrogen and oxygen atoms in total. The number of amides is 2. The summed E-state index contributed by atoms with van der Waals surface area (Å²) < 4.78 is 24.6. The first-order valence-electron chi connectivity index (χ1n) is 9.88. The third kappa shape index (κ3) is 7.04. The lowest BCUT2D eigenvalue weighted by molar-refractivity contribution is -0.118. The number of methoxy groups -OCH3 is 1. The van der Waals surface area contributed by atoms with E-state index in [0.717, 1.165) is 5.56 Å². The molecule has 2 rings (SSSR count). The van der Waals surface area contributed by atoms with Gasteiger partial charge < -0.3 is 20.1 Å². The first-order valence-corrected chi connectivity index (χ1v) is 13.4. The summed E-state index contributed by atoms with van der Waals surface area (Å²) in [7, 11) is -0.251. The van der Waals surface area contributed by atoms with Crippen LogP contribution in [-0.2, 0) is 20.9 Å². The van der Waals surface area contributed by atoms with Crippen LogP contribution in [0, 0.1) is 5.82 Å². The van der Waals surface area contributed by atoms with Crippen LogP contribution < -0.4 is 15.8 Å². The normalized spacial score (nSPS) is 12.0. The Bertz CT molecular complexity index is 926. The number of nitrogens with one attached hydrogen (secondary N) is 2. The summed E-state index contributed by atoms with van der Waals surface area (Å²) in [6, 6.07) is 10.7. The lowest BCUT2D eigenvalue weighted by Crippen LogP contribution is -2.40. The van der Waals surface area contributed by atoms with Crippen LogP contribution in [0.1, 0.15) is 17.2 Å². The molecule has 2 aromatic rings. The number of ether oxygens (including phenoxy) is 2. The fourth-order valence-corrected chi connectivity index (χ4v) is 4.35. The molecule has 2 N–H and O–H groups in total. The third-order valence-corrected chi connectivity index (χ3v) is 6.55. The molecule has 0 aromatic heterocycles. The van der Waals surface area contributed by atoms with Gasteiger partial charge in [0.1, 0.15) is 18.5 Å². The summed E-state index contributed by atoms with van der Waals surface area (Å²) in [5.41, 5.74) is 1.78. The van der Waals surface area contributed by atoms with Crippen molar-refractivity contribution in [3.8, 4) is 0 Å². The molecule has 1 atom stereocenters. The van der Waals surface area contributed by atoms with Crippen LogP contribution in [0.15, 0.2) is 55.1 Å². The van der Waals surface area contributed by atoms with Gasteiger partial charge in [0.15, 0.2) is 0 Å². The van der Waals surface area contributed by atoms with Crippen molar-refractivity contribution in [1.29, 1.82) is 0 Å². The minimum absolute atomic E-state index is 0.0102. The molecular formula is C23H29FN2O4Si. The smallest absolute Gasteiger partial charge is 0.408 e.